The van der Waals surface area contributed by atoms with Gasteiger partial charge in [0.2, 0.25) is 10.0 Å². The minimum atomic E-state index is -3.64. The van der Waals surface area contributed by atoms with Crippen LogP contribution in [0.2, 0.25) is 0 Å². The molecule has 2 aromatic heterocycles. The molecule has 1 aliphatic rings. The van der Waals surface area contributed by atoms with Gasteiger partial charge in [-0.1, -0.05) is 0 Å². The van der Waals surface area contributed by atoms with Crippen LogP contribution < -0.4 is 5.32 Å². The van der Waals surface area contributed by atoms with E-state index in [4.69, 9.17) is 0 Å². The van der Waals surface area contributed by atoms with Gasteiger partial charge in [-0.15, -0.1) is 11.3 Å². The third-order valence-corrected chi connectivity index (χ3v) is 6.75. The number of carbonyl (C=O) groups excluding carboxylic acids is 2. The number of hydrogen-bond acceptors (Lipinski definition) is 6. The maximum atomic E-state index is 12.1. The van der Waals surface area contributed by atoms with Crippen molar-refractivity contribution in [3.8, 4) is 10.4 Å². The lowest BCUT2D eigenvalue weighted by molar-refractivity contribution is 0.194. The first-order valence-corrected chi connectivity index (χ1v) is 11.2. The van der Waals surface area contributed by atoms with E-state index in [0.29, 0.717) is 17.3 Å². The minimum absolute atomic E-state index is 0.0000124. The number of imide groups is 1. The number of nitrogens with zero attached hydrogens (tertiary/aromatic N) is 2. The van der Waals surface area contributed by atoms with Crippen LogP contribution in [-0.4, -0.2) is 55.6 Å². The van der Waals surface area contributed by atoms with Crippen molar-refractivity contribution in [2.45, 2.75) is 6.42 Å². The fraction of sp³-hybridized carbons (Fsp3) is 0.333. The Hall–Kier alpha value is -1.91. The number of nitrogens with one attached hydrogen (secondary N) is 1. The summed E-state index contributed by atoms with van der Waals surface area (Å²) in [5.74, 6) is 0. The van der Waals surface area contributed by atoms with Crippen LogP contribution in [-0.2, 0) is 16.4 Å². The maximum absolute atomic E-state index is 12.1. The Balaban J connectivity index is 1.51. The molecule has 2 aromatic rings. The first-order chi connectivity index (χ1) is 11.9. The highest BCUT2D eigenvalue weighted by molar-refractivity contribution is 7.88. The second-order valence-corrected chi connectivity index (χ2v) is 9.38. The first kappa shape index (κ1) is 17.9. The van der Waals surface area contributed by atoms with Gasteiger partial charge in [0.25, 0.3) is 0 Å². The van der Waals surface area contributed by atoms with Gasteiger partial charge in [-0.3, -0.25) is 0 Å². The molecule has 3 heterocycles. The summed E-state index contributed by atoms with van der Waals surface area (Å²) >= 11 is 3.31. The molecule has 0 unspecified atom stereocenters. The summed E-state index contributed by atoms with van der Waals surface area (Å²) in [6.45, 7) is 0.449. The Morgan fingerprint density at radius 1 is 1.28 bits per heavy atom. The Morgan fingerprint density at radius 3 is 2.72 bits per heavy atom. The van der Waals surface area contributed by atoms with Crippen molar-refractivity contribution in [3.63, 3.8) is 0 Å². The predicted octanol–water partition coefficient (Wildman–Crippen LogP) is 2.43. The van der Waals surface area contributed by atoms with E-state index in [-0.39, 0.29) is 13.1 Å². The predicted molar refractivity (Wildman–Crippen MR) is 98.4 cm³/mol. The fourth-order valence-electron chi connectivity index (χ4n) is 2.47. The zero-order valence-electron chi connectivity index (χ0n) is 13.5. The summed E-state index contributed by atoms with van der Waals surface area (Å²) in [4.78, 5) is 27.3. The van der Waals surface area contributed by atoms with Gasteiger partial charge in [-0.05, 0) is 35.4 Å². The van der Waals surface area contributed by atoms with Crippen LogP contribution in [0, 0.1) is 0 Å². The quantitative estimate of drug-likeness (QED) is 0.837. The first-order valence-electron chi connectivity index (χ1n) is 7.54. The number of carbonyl (C=O) groups is 2. The van der Waals surface area contributed by atoms with E-state index in [1.165, 1.54) is 10.4 Å². The van der Waals surface area contributed by atoms with Crippen LogP contribution in [0.1, 0.15) is 4.88 Å². The summed E-state index contributed by atoms with van der Waals surface area (Å²) in [7, 11) is -3.64. The molecule has 1 fully saturated rings. The molecule has 0 bridgehead atoms. The molecule has 1 aliphatic heterocycles. The molecule has 0 aromatic carbocycles. The largest absolute Gasteiger partial charge is 0.341 e. The Bertz CT molecular complexity index is 874. The van der Waals surface area contributed by atoms with Gasteiger partial charge >= 0.3 is 12.1 Å². The Morgan fingerprint density at radius 2 is 2.08 bits per heavy atom. The normalized spacial score (nSPS) is 15.0. The van der Waals surface area contributed by atoms with Crippen LogP contribution in [0.4, 0.5) is 9.59 Å². The van der Waals surface area contributed by atoms with Crippen molar-refractivity contribution in [2.75, 3.05) is 25.9 Å². The van der Waals surface area contributed by atoms with Crippen molar-refractivity contribution >= 4 is 44.8 Å². The topological polar surface area (TPSA) is 86.8 Å². The smallest absolute Gasteiger partial charge is 0.337 e. The van der Waals surface area contributed by atoms with Gasteiger partial charge in [0.05, 0.1) is 19.3 Å². The van der Waals surface area contributed by atoms with Crippen molar-refractivity contribution in [2.24, 2.45) is 0 Å². The number of amides is 4. The molecule has 3 rings (SSSR count). The SMILES string of the molecule is CS(=O)(=O)N1CCN(C(=O)NCCc2ccc(-c3ccsc3)s2)C1=O. The monoisotopic (exact) mass is 399 g/mol. The molecule has 0 atom stereocenters. The number of sulfonamides is 1. The molecule has 0 radical (unpaired) electrons. The average Bonchev–Trinajstić information content (AvgIpc) is 3.25. The second kappa shape index (κ2) is 7.14. The average molecular weight is 400 g/mol. The Kier molecular flexibility index (Phi) is 5.11. The molecule has 0 saturated carbocycles. The molecule has 10 heteroatoms. The highest BCUT2D eigenvalue weighted by Gasteiger charge is 2.37. The van der Waals surface area contributed by atoms with Crippen LogP contribution >= 0.6 is 22.7 Å². The summed E-state index contributed by atoms with van der Waals surface area (Å²) in [6.07, 6.45) is 1.60. The molecule has 0 spiro atoms. The summed E-state index contributed by atoms with van der Waals surface area (Å²) in [6, 6.07) is 4.78. The van der Waals surface area contributed by atoms with Gasteiger partial charge in [-0.25, -0.2) is 27.2 Å². The second-order valence-electron chi connectivity index (χ2n) is 5.53. The van der Waals surface area contributed by atoms with Gasteiger partial charge in [0, 0.05) is 21.9 Å². The molecule has 7 nitrogen and oxygen atoms in total. The van der Waals surface area contributed by atoms with E-state index in [1.807, 2.05) is 11.4 Å². The lowest BCUT2D eigenvalue weighted by Crippen LogP contribution is -2.44. The lowest BCUT2D eigenvalue weighted by atomic mass is 10.3. The van der Waals surface area contributed by atoms with Crippen LogP contribution in [0.3, 0.4) is 0 Å². The third-order valence-electron chi connectivity index (χ3n) is 3.73. The van der Waals surface area contributed by atoms with Crippen LogP contribution in [0.25, 0.3) is 10.4 Å². The van der Waals surface area contributed by atoms with E-state index < -0.39 is 22.1 Å². The number of rotatable bonds is 5. The van der Waals surface area contributed by atoms with Gasteiger partial charge < -0.3 is 5.32 Å². The molecular weight excluding hydrogens is 382 g/mol. The lowest BCUT2D eigenvalue weighted by Gasteiger charge is -2.16. The van der Waals surface area contributed by atoms with Crippen LogP contribution in [0.15, 0.2) is 29.0 Å². The standard InChI is InChI=1S/C15H17N3O4S3/c1-25(21,22)18-8-7-17(15(18)20)14(19)16-6-4-12-2-3-13(24-12)11-5-9-23-10-11/h2-3,5,9-10H,4,6-8H2,1H3,(H,16,19). The molecule has 134 valence electrons. The van der Waals surface area contributed by atoms with Gasteiger partial charge in [0.15, 0.2) is 0 Å². The summed E-state index contributed by atoms with van der Waals surface area (Å²) < 4.78 is 23.6. The Labute approximate surface area is 153 Å². The molecule has 1 saturated heterocycles. The summed E-state index contributed by atoms with van der Waals surface area (Å²) in [5, 5.41) is 6.79. The minimum Gasteiger partial charge on any atom is -0.337 e. The number of thiophene rings is 2. The molecule has 0 aliphatic carbocycles. The van der Waals surface area contributed by atoms with Gasteiger partial charge in [-0.2, -0.15) is 11.3 Å². The molecular formula is C15H17N3O4S3. The van der Waals surface area contributed by atoms with E-state index in [2.05, 4.69) is 22.8 Å². The molecule has 1 N–H and O–H groups in total. The van der Waals surface area contributed by atoms with E-state index in [0.717, 1.165) is 16.0 Å². The van der Waals surface area contributed by atoms with E-state index >= 15 is 0 Å². The van der Waals surface area contributed by atoms with Crippen molar-refractivity contribution in [3.05, 3.63) is 33.8 Å². The zero-order chi connectivity index (χ0) is 18.0. The molecule has 4 amide bonds. The fourth-order valence-corrected chi connectivity index (χ4v) is 5.00. The zero-order valence-corrected chi connectivity index (χ0v) is 15.9. The third kappa shape index (κ3) is 4.02. The maximum Gasteiger partial charge on any atom is 0.341 e. The number of urea groups is 2. The van der Waals surface area contributed by atoms with E-state index in [9.17, 15) is 18.0 Å². The van der Waals surface area contributed by atoms with Crippen LogP contribution in [0.5, 0.6) is 0 Å². The highest BCUT2D eigenvalue weighted by atomic mass is 32.2. The molecule has 25 heavy (non-hydrogen) atoms. The van der Waals surface area contributed by atoms with Crippen molar-refractivity contribution in [1.29, 1.82) is 0 Å². The van der Waals surface area contributed by atoms with Crippen molar-refractivity contribution < 1.29 is 18.0 Å². The van der Waals surface area contributed by atoms with E-state index in [1.54, 1.807) is 22.7 Å². The van der Waals surface area contributed by atoms with Crippen molar-refractivity contribution in [1.82, 2.24) is 14.5 Å². The highest BCUT2D eigenvalue weighted by Crippen LogP contribution is 2.29. The number of hydrogen-bond donors (Lipinski definition) is 1. The summed E-state index contributed by atoms with van der Waals surface area (Å²) in [5.41, 5.74) is 1.19. The van der Waals surface area contributed by atoms with Gasteiger partial charge in [0.1, 0.15) is 0 Å².